The first-order valence-corrected chi connectivity index (χ1v) is 12.3. The van der Waals surface area contributed by atoms with Crippen LogP contribution >= 0.6 is 0 Å². The summed E-state index contributed by atoms with van der Waals surface area (Å²) in [5, 5.41) is 50.8. The molecule has 0 spiro atoms. The molecule has 0 radical (unpaired) electrons. The standard InChI is InChI=1S/C31H24O8/c1-15-12-25-27(31-21(15)10-11-24(38-31)16-2-6-18(32)7-3-16)28(30(39-25)17-4-8-19(33)9-5-17)29(37)26-22(35)13-20(34)14-23(26)36/h2-9,12-14,24,32-36H,10-11H2,1H3. The summed E-state index contributed by atoms with van der Waals surface area (Å²) in [6, 6.07) is 16.7. The molecular formula is C31H24O8. The van der Waals surface area contributed by atoms with Gasteiger partial charge in [-0.15, -0.1) is 0 Å². The van der Waals surface area contributed by atoms with E-state index in [9.17, 15) is 30.3 Å². The highest BCUT2D eigenvalue weighted by Crippen LogP contribution is 2.48. The number of phenolic OH excluding ortho intramolecular Hbond substituents is 5. The minimum Gasteiger partial charge on any atom is -0.508 e. The quantitative estimate of drug-likeness (QED) is 0.174. The lowest BCUT2D eigenvalue weighted by Crippen LogP contribution is -2.17. The Hall–Kier alpha value is -5.11. The minimum atomic E-state index is -0.728. The minimum absolute atomic E-state index is 0.0323. The van der Waals surface area contributed by atoms with E-state index in [1.807, 2.05) is 13.0 Å². The van der Waals surface area contributed by atoms with E-state index in [4.69, 9.17) is 9.15 Å². The van der Waals surface area contributed by atoms with Gasteiger partial charge in [-0.25, -0.2) is 0 Å². The molecule has 0 saturated heterocycles. The van der Waals surface area contributed by atoms with Crippen molar-refractivity contribution in [3.8, 4) is 45.8 Å². The van der Waals surface area contributed by atoms with Crippen molar-refractivity contribution in [2.45, 2.75) is 25.9 Å². The maximum Gasteiger partial charge on any atom is 0.205 e. The number of rotatable bonds is 4. The Kier molecular flexibility index (Phi) is 5.61. The van der Waals surface area contributed by atoms with Gasteiger partial charge in [-0.2, -0.15) is 0 Å². The molecule has 5 aromatic rings. The zero-order chi connectivity index (χ0) is 27.4. The van der Waals surface area contributed by atoms with E-state index in [2.05, 4.69) is 0 Å². The summed E-state index contributed by atoms with van der Waals surface area (Å²) in [4.78, 5) is 14.1. The third-order valence-corrected chi connectivity index (χ3v) is 7.11. The van der Waals surface area contributed by atoms with Crippen LogP contribution in [0.25, 0.3) is 22.3 Å². The van der Waals surface area contributed by atoms with E-state index in [0.29, 0.717) is 35.1 Å². The molecule has 2 heterocycles. The molecule has 5 N–H and O–H groups in total. The second-order valence-corrected chi connectivity index (χ2v) is 9.65. The summed E-state index contributed by atoms with van der Waals surface area (Å²) in [6.07, 6.45) is 0.981. The second-order valence-electron chi connectivity index (χ2n) is 9.65. The maximum absolute atomic E-state index is 14.1. The largest absolute Gasteiger partial charge is 0.508 e. The van der Waals surface area contributed by atoms with Crippen molar-refractivity contribution in [3.05, 3.63) is 94.5 Å². The molecule has 8 nitrogen and oxygen atoms in total. The highest BCUT2D eigenvalue weighted by atomic mass is 16.5. The monoisotopic (exact) mass is 524 g/mol. The first-order valence-electron chi connectivity index (χ1n) is 12.3. The van der Waals surface area contributed by atoms with Gasteiger partial charge in [-0.3, -0.25) is 4.79 Å². The van der Waals surface area contributed by atoms with E-state index in [-0.39, 0.29) is 28.9 Å². The summed E-state index contributed by atoms with van der Waals surface area (Å²) < 4.78 is 12.8. The fourth-order valence-corrected chi connectivity index (χ4v) is 5.22. The number of ether oxygens (including phenoxy) is 1. The van der Waals surface area contributed by atoms with Crippen LogP contribution in [0, 0.1) is 6.92 Å². The van der Waals surface area contributed by atoms with Gasteiger partial charge in [-0.1, -0.05) is 12.1 Å². The Labute approximate surface area is 222 Å². The van der Waals surface area contributed by atoms with Crippen molar-refractivity contribution in [2.24, 2.45) is 0 Å². The van der Waals surface area contributed by atoms with Crippen LogP contribution in [0.4, 0.5) is 0 Å². The number of phenols is 5. The zero-order valence-electron chi connectivity index (χ0n) is 20.8. The molecular weight excluding hydrogens is 500 g/mol. The van der Waals surface area contributed by atoms with Crippen LogP contribution in [0.2, 0.25) is 0 Å². The molecule has 4 aromatic carbocycles. The maximum atomic E-state index is 14.1. The molecule has 6 rings (SSSR count). The lowest BCUT2D eigenvalue weighted by molar-refractivity contribution is 0.103. The molecule has 0 fully saturated rings. The van der Waals surface area contributed by atoms with Gasteiger partial charge in [0.25, 0.3) is 0 Å². The molecule has 1 aromatic heterocycles. The van der Waals surface area contributed by atoms with E-state index in [0.717, 1.165) is 28.8 Å². The van der Waals surface area contributed by atoms with Gasteiger partial charge in [0.05, 0.1) is 10.9 Å². The van der Waals surface area contributed by atoms with Gasteiger partial charge in [0.2, 0.25) is 5.78 Å². The molecule has 1 aliphatic heterocycles. The Morgan fingerprint density at radius 2 is 1.41 bits per heavy atom. The number of hydrogen-bond donors (Lipinski definition) is 5. The summed E-state index contributed by atoms with van der Waals surface area (Å²) >= 11 is 0. The van der Waals surface area contributed by atoms with Gasteiger partial charge in [-0.05, 0) is 78.9 Å². The summed E-state index contributed by atoms with van der Waals surface area (Å²) in [7, 11) is 0. The number of furan rings is 1. The average Bonchev–Trinajstić information content (AvgIpc) is 3.28. The number of hydrogen-bond acceptors (Lipinski definition) is 8. The summed E-state index contributed by atoms with van der Waals surface area (Å²) in [5.74, 6) is -1.50. The molecule has 1 unspecified atom stereocenters. The normalized spacial score (nSPS) is 14.6. The molecule has 1 aliphatic rings. The van der Waals surface area contributed by atoms with Crippen molar-refractivity contribution < 1.29 is 39.5 Å². The van der Waals surface area contributed by atoms with Crippen molar-refractivity contribution in [3.63, 3.8) is 0 Å². The third kappa shape index (κ3) is 4.06. The smallest absolute Gasteiger partial charge is 0.205 e. The predicted octanol–water partition coefficient (Wildman–Crippen LogP) is 6.23. The Morgan fingerprint density at radius 1 is 0.795 bits per heavy atom. The summed E-state index contributed by atoms with van der Waals surface area (Å²) in [5.41, 5.74) is 3.22. The SMILES string of the molecule is Cc1cc2oc(-c3ccc(O)cc3)c(C(=O)c3c(O)cc(O)cc3O)c2c2c1CCC(c1ccc(O)cc1)O2. The van der Waals surface area contributed by atoms with Crippen molar-refractivity contribution >= 4 is 16.8 Å². The Bertz CT molecular complexity index is 1720. The zero-order valence-corrected chi connectivity index (χ0v) is 20.8. The number of ketones is 1. The van der Waals surface area contributed by atoms with E-state index in [1.165, 1.54) is 12.1 Å². The van der Waals surface area contributed by atoms with Crippen LogP contribution in [0.3, 0.4) is 0 Å². The van der Waals surface area contributed by atoms with E-state index in [1.54, 1.807) is 36.4 Å². The van der Waals surface area contributed by atoms with Crippen LogP contribution in [-0.4, -0.2) is 31.3 Å². The van der Waals surface area contributed by atoms with E-state index >= 15 is 0 Å². The first-order chi connectivity index (χ1) is 18.7. The molecule has 1 atom stereocenters. The fraction of sp³-hybridized carbons (Fsp3) is 0.129. The highest BCUT2D eigenvalue weighted by Gasteiger charge is 2.33. The van der Waals surface area contributed by atoms with E-state index < -0.39 is 28.6 Å². The topological polar surface area (TPSA) is 141 Å². The lowest BCUT2D eigenvalue weighted by Gasteiger charge is -2.28. The molecule has 39 heavy (non-hydrogen) atoms. The second kappa shape index (κ2) is 9.02. The Morgan fingerprint density at radius 3 is 2.05 bits per heavy atom. The molecule has 196 valence electrons. The third-order valence-electron chi connectivity index (χ3n) is 7.11. The lowest BCUT2D eigenvalue weighted by atomic mass is 9.90. The number of aryl methyl sites for hydroxylation is 1. The van der Waals surface area contributed by atoms with Crippen molar-refractivity contribution in [1.82, 2.24) is 0 Å². The van der Waals surface area contributed by atoms with Gasteiger partial charge < -0.3 is 34.7 Å². The Balaban J connectivity index is 1.62. The van der Waals surface area contributed by atoms with Gasteiger partial charge in [0.1, 0.15) is 57.5 Å². The van der Waals surface area contributed by atoms with Gasteiger partial charge >= 0.3 is 0 Å². The number of carbonyl (C=O) groups is 1. The van der Waals surface area contributed by atoms with Gasteiger partial charge in [0, 0.05) is 17.7 Å². The van der Waals surface area contributed by atoms with Gasteiger partial charge in [0.15, 0.2) is 0 Å². The fourth-order valence-electron chi connectivity index (χ4n) is 5.22. The molecule has 8 heteroatoms. The summed E-state index contributed by atoms with van der Waals surface area (Å²) in [6.45, 7) is 1.93. The molecule has 0 saturated carbocycles. The molecule has 0 bridgehead atoms. The highest BCUT2D eigenvalue weighted by molar-refractivity contribution is 6.23. The predicted molar refractivity (Wildman–Crippen MR) is 143 cm³/mol. The van der Waals surface area contributed by atoms with Crippen LogP contribution in [0.15, 0.2) is 71.1 Å². The molecule has 0 aliphatic carbocycles. The van der Waals surface area contributed by atoms with Crippen molar-refractivity contribution in [2.75, 3.05) is 0 Å². The van der Waals surface area contributed by atoms with Crippen LogP contribution in [0.1, 0.15) is 45.1 Å². The number of aromatic hydroxyl groups is 5. The first kappa shape index (κ1) is 24.2. The van der Waals surface area contributed by atoms with Crippen LogP contribution < -0.4 is 4.74 Å². The molecule has 0 amide bonds. The number of fused-ring (bicyclic) bond motifs is 3. The van der Waals surface area contributed by atoms with Crippen LogP contribution in [0.5, 0.6) is 34.5 Å². The van der Waals surface area contributed by atoms with Crippen molar-refractivity contribution in [1.29, 1.82) is 0 Å². The van der Waals surface area contributed by atoms with Crippen LogP contribution in [-0.2, 0) is 6.42 Å². The average molecular weight is 525 g/mol. The number of benzene rings is 4. The number of carbonyl (C=O) groups excluding carboxylic acids is 1.